The predicted octanol–water partition coefficient (Wildman–Crippen LogP) is 1.10. The number of nitrogens with one attached hydrogen (secondary N) is 1. The fourth-order valence-corrected chi connectivity index (χ4v) is 3.43. The van der Waals surface area contributed by atoms with E-state index in [4.69, 9.17) is 5.11 Å². The summed E-state index contributed by atoms with van der Waals surface area (Å²) in [4.78, 5) is 38.3. The summed E-state index contributed by atoms with van der Waals surface area (Å²) in [6.07, 6.45) is 0.681. The molecule has 19 heavy (non-hydrogen) atoms. The Labute approximate surface area is 111 Å². The van der Waals surface area contributed by atoms with Gasteiger partial charge < -0.3 is 5.11 Å². The topological polar surface area (TPSA) is 92.2 Å². The zero-order valence-electron chi connectivity index (χ0n) is 10.2. The van der Waals surface area contributed by atoms with Crippen molar-refractivity contribution in [3.05, 3.63) is 31.8 Å². The first-order valence-corrected chi connectivity index (χ1v) is 6.82. The Morgan fingerprint density at radius 3 is 2.79 bits per heavy atom. The van der Waals surface area contributed by atoms with Gasteiger partial charge in [0.1, 0.15) is 4.83 Å². The lowest BCUT2D eigenvalue weighted by Crippen LogP contribution is -2.44. The molecule has 0 amide bonds. The first kappa shape index (κ1) is 12.2. The molecule has 0 aromatic carbocycles. The second kappa shape index (κ2) is 4.06. The first-order chi connectivity index (χ1) is 8.99. The zero-order chi connectivity index (χ0) is 13.7. The van der Waals surface area contributed by atoms with Gasteiger partial charge in [-0.25, -0.2) is 4.79 Å². The second-order valence-corrected chi connectivity index (χ2v) is 5.77. The Morgan fingerprint density at radius 1 is 1.47 bits per heavy atom. The van der Waals surface area contributed by atoms with E-state index in [2.05, 4.69) is 4.98 Å². The molecule has 0 atom stereocenters. The summed E-state index contributed by atoms with van der Waals surface area (Å²) in [6, 6.07) is -0.305. The summed E-state index contributed by atoms with van der Waals surface area (Å²) in [5.74, 6) is -1.32. The average molecular weight is 280 g/mol. The van der Waals surface area contributed by atoms with Crippen molar-refractivity contribution in [2.45, 2.75) is 25.8 Å². The first-order valence-electron chi connectivity index (χ1n) is 5.94. The minimum atomic E-state index is -0.867. The lowest BCUT2D eigenvalue weighted by Gasteiger charge is -2.32. The van der Waals surface area contributed by atoms with Crippen LogP contribution in [-0.4, -0.2) is 20.6 Å². The number of carboxylic acid groups (broad SMARTS) is 1. The highest BCUT2D eigenvalue weighted by molar-refractivity contribution is 7.16. The summed E-state index contributed by atoms with van der Waals surface area (Å²) < 4.78 is 1.17. The quantitative estimate of drug-likeness (QED) is 0.861. The standard InChI is InChI=1S/C12H12N2O4S/c1-5-4-19-9-8(5)10(15)14(12(18)13-9)7-2-6(3-7)11(16)17/h4,6-7H,2-3H2,1H3,(H,13,18)(H,16,17). The van der Waals surface area contributed by atoms with Crippen LogP contribution in [0.3, 0.4) is 0 Å². The van der Waals surface area contributed by atoms with Crippen molar-refractivity contribution in [1.29, 1.82) is 0 Å². The molecule has 100 valence electrons. The average Bonchev–Trinajstić information content (AvgIpc) is 2.62. The van der Waals surface area contributed by atoms with Crippen LogP contribution >= 0.6 is 11.3 Å². The van der Waals surface area contributed by atoms with Crippen molar-refractivity contribution in [1.82, 2.24) is 9.55 Å². The van der Waals surface area contributed by atoms with Crippen molar-refractivity contribution in [2.24, 2.45) is 5.92 Å². The number of nitrogens with zero attached hydrogens (tertiary/aromatic N) is 1. The van der Waals surface area contributed by atoms with Crippen LogP contribution in [0.1, 0.15) is 24.4 Å². The lowest BCUT2D eigenvalue weighted by atomic mass is 9.80. The van der Waals surface area contributed by atoms with Crippen molar-refractivity contribution >= 4 is 27.5 Å². The van der Waals surface area contributed by atoms with Crippen molar-refractivity contribution in [3.63, 3.8) is 0 Å². The summed E-state index contributed by atoms with van der Waals surface area (Å²) in [5, 5.41) is 11.2. The van der Waals surface area contributed by atoms with Gasteiger partial charge in [0.25, 0.3) is 5.56 Å². The van der Waals surface area contributed by atoms with Crippen LogP contribution in [0.5, 0.6) is 0 Å². The Kier molecular flexibility index (Phi) is 2.60. The smallest absolute Gasteiger partial charge is 0.329 e. The molecule has 0 unspecified atom stereocenters. The molecular weight excluding hydrogens is 268 g/mol. The number of thiophene rings is 1. The zero-order valence-corrected chi connectivity index (χ0v) is 11.0. The number of carbonyl (C=O) groups is 1. The van der Waals surface area contributed by atoms with E-state index in [0.29, 0.717) is 23.1 Å². The number of aromatic nitrogens is 2. The number of aromatic amines is 1. The van der Waals surface area contributed by atoms with E-state index in [0.717, 1.165) is 5.56 Å². The summed E-state index contributed by atoms with van der Waals surface area (Å²) in [7, 11) is 0. The molecule has 1 aliphatic carbocycles. The van der Waals surface area contributed by atoms with Gasteiger partial charge in [-0.05, 0) is 30.7 Å². The fraction of sp³-hybridized carbons (Fsp3) is 0.417. The van der Waals surface area contributed by atoms with Crippen LogP contribution in [-0.2, 0) is 4.79 Å². The molecule has 2 aromatic rings. The third kappa shape index (κ3) is 1.73. The molecular formula is C12H12N2O4S. The van der Waals surface area contributed by atoms with E-state index in [1.54, 1.807) is 0 Å². The summed E-state index contributed by atoms with van der Waals surface area (Å²) >= 11 is 1.33. The molecule has 3 rings (SSSR count). The van der Waals surface area contributed by atoms with Crippen LogP contribution in [0.4, 0.5) is 0 Å². The molecule has 0 spiro atoms. The molecule has 0 bridgehead atoms. The Hall–Kier alpha value is -1.89. The van der Waals surface area contributed by atoms with Gasteiger partial charge in [0.05, 0.1) is 11.3 Å². The van der Waals surface area contributed by atoms with Gasteiger partial charge in [0.15, 0.2) is 0 Å². The van der Waals surface area contributed by atoms with Gasteiger partial charge in [0.2, 0.25) is 0 Å². The maximum atomic E-state index is 12.3. The largest absolute Gasteiger partial charge is 0.481 e. The second-order valence-electron chi connectivity index (χ2n) is 4.89. The van der Waals surface area contributed by atoms with Gasteiger partial charge >= 0.3 is 11.7 Å². The van der Waals surface area contributed by atoms with Crippen molar-refractivity contribution in [2.75, 3.05) is 0 Å². The van der Waals surface area contributed by atoms with Gasteiger partial charge in [0, 0.05) is 6.04 Å². The van der Waals surface area contributed by atoms with Gasteiger partial charge in [-0.1, -0.05) is 0 Å². The SMILES string of the molecule is Cc1csc2[nH]c(=O)n(C3CC(C(=O)O)C3)c(=O)c12. The molecule has 7 heteroatoms. The molecule has 1 saturated carbocycles. The van der Waals surface area contributed by atoms with Gasteiger partial charge in [-0.3, -0.25) is 19.1 Å². The fourth-order valence-electron chi connectivity index (χ4n) is 2.50. The van der Waals surface area contributed by atoms with Crippen LogP contribution in [0.25, 0.3) is 10.2 Å². The molecule has 6 nitrogen and oxygen atoms in total. The highest BCUT2D eigenvalue weighted by Crippen LogP contribution is 2.36. The molecule has 1 aliphatic rings. The van der Waals surface area contributed by atoms with Crippen LogP contribution < -0.4 is 11.2 Å². The molecule has 2 N–H and O–H groups in total. The highest BCUT2D eigenvalue weighted by Gasteiger charge is 2.37. The molecule has 2 aromatic heterocycles. The van der Waals surface area contributed by atoms with Gasteiger partial charge in [-0.15, -0.1) is 11.3 Å². The third-order valence-electron chi connectivity index (χ3n) is 3.67. The maximum absolute atomic E-state index is 12.3. The number of rotatable bonds is 2. The molecule has 0 saturated heterocycles. The molecule has 1 fully saturated rings. The Balaban J connectivity index is 2.10. The number of aliphatic carboxylic acids is 1. The normalized spacial score (nSPS) is 22.4. The van der Waals surface area contributed by atoms with E-state index in [-0.39, 0.29) is 11.6 Å². The summed E-state index contributed by atoms with van der Waals surface area (Å²) in [5.41, 5.74) is 0.0728. The Morgan fingerprint density at radius 2 is 2.16 bits per heavy atom. The van der Waals surface area contributed by atoms with E-state index >= 15 is 0 Å². The molecule has 0 aliphatic heterocycles. The number of carboxylic acids is 1. The number of hydrogen-bond donors (Lipinski definition) is 2. The number of fused-ring (bicyclic) bond motifs is 1. The van der Waals surface area contributed by atoms with Gasteiger partial charge in [-0.2, -0.15) is 0 Å². The minimum Gasteiger partial charge on any atom is -0.481 e. The maximum Gasteiger partial charge on any atom is 0.329 e. The van der Waals surface area contributed by atoms with Crippen LogP contribution in [0, 0.1) is 12.8 Å². The van der Waals surface area contributed by atoms with Crippen LogP contribution in [0.2, 0.25) is 0 Å². The van der Waals surface area contributed by atoms with Crippen molar-refractivity contribution < 1.29 is 9.90 Å². The predicted molar refractivity (Wildman–Crippen MR) is 70.8 cm³/mol. The monoisotopic (exact) mass is 280 g/mol. The van der Waals surface area contributed by atoms with E-state index in [9.17, 15) is 14.4 Å². The van der Waals surface area contributed by atoms with Crippen molar-refractivity contribution in [3.8, 4) is 0 Å². The van der Waals surface area contributed by atoms with E-state index in [1.807, 2.05) is 12.3 Å². The molecule has 2 heterocycles. The minimum absolute atomic E-state index is 0.305. The third-order valence-corrected chi connectivity index (χ3v) is 4.69. The number of hydrogen-bond acceptors (Lipinski definition) is 4. The number of aryl methyl sites for hydroxylation is 1. The summed E-state index contributed by atoms with van der Waals surface area (Å²) in [6.45, 7) is 1.82. The number of H-pyrrole nitrogens is 1. The van der Waals surface area contributed by atoms with Crippen LogP contribution in [0.15, 0.2) is 15.0 Å². The van der Waals surface area contributed by atoms with E-state index < -0.39 is 17.6 Å². The Bertz CT molecular complexity index is 779. The van der Waals surface area contributed by atoms with E-state index in [1.165, 1.54) is 15.9 Å². The highest BCUT2D eigenvalue weighted by atomic mass is 32.1. The molecule has 0 radical (unpaired) electrons. The lowest BCUT2D eigenvalue weighted by molar-refractivity contribution is -0.146.